The third kappa shape index (κ3) is 2.84. The van der Waals surface area contributed by atoms with Crippen molar-refractivity contribution in [2.75, 3.05) is 20.1 Å². The van der Waals surface area contributed by atoms with Gasteiger partial charge < -0.3 is 0 Å². The predicted molar refractivity (Wildman–Crippen MR) is 50.0 cm³/mol. The first-order chi connectivity index (χ1) is 5.00. The number of likely N-dealkylation sites (tertiary alicyclic amines) is 1. The van der Waals surface area contributed by atoms with E-state index in [2.05, 4.69) is 25.8 Å². The van der Waals surface area contributed by atoms with Crippen molar-refractivity contribution in [3.05, 3.63) is 0 Å². The second-order valence-electron chi connectivity index (χ2n) is 4.42. The minimum atomic E-state index is 0.571. The van der Waals surface area contributed by atoms with E-state index in [4.69, 9.17) is 0 Å². The molecule has 0 aromatic carbocycles. The number of rotatable bonds is 1. The van der Waals surface area contributed by atoms with Gasteiger partial charge >= 0.3 is 80.2 Å². The van der Waals surface area contributed by atoms with E-state index in [1.807, 2.05) is 18.6 Å². The van der Waals surface area contributed by atoms with E-state index in [-0.39, 0.29) is 0 Å². The van der Waals surface area contributed by atoms with Crippen molar-refractivity contribution in [3.63, 3.8) is 0 Å². The fourth-order valence-corrected chi connectivity index (χ4v) is 2.34. The molecular formula is C9H18GaN. The van der Waals surface area contributed by atoms with Gasteiger partial charge in [0.15, 0.2) is 0 Å². The van der Waals surface area contributed by atoms with Crippen LogP contribution in [0.4, 0.5) is 0 Å². The first-order valence-electron chi connectivity index (χ1n) is 4.47. The van der Waals surface area contributed by atoms with E-state index in [0.717, 1.165) is 5.92 Å². The van der Waals surface area contributed by atoms with E-state index < -0.39 is 0 Å². The Labute approximate surface area is 80.5 Å². The summed E-state index contributed by atoms with van der Waals surface area (Å²) in [7, 11) is 2.24. The standard InChI is InChI=1S/C9H18N.Ga/c1-8(2)9-5-4-6-10(3)7-9;/h9H,4-7H2,1-3H3;. The fourth-order valence-electron chi connectivity index (χ4n) is 1.77. The quantitative estimate of drug-likeness (QED) is 0.595. The van der Waals surface area contributed by atoms with E-state index in [9.17, 15) is 0 Å². The predicted octanol–water partition coefficient (Wildman–Crippen LogP) is 1.70. The summed E-state index contributed by atoms with van der Waals surface area (Å²) < 4.78 is 0.571. The van der Waals surface area contributed by atoms with Crippen molar-refractivity contribution in [1.29, 1.82) is 0 Å². The monoisotopic (exact) mass is 209 g/mol. The van der Waals surface area contributed by atoms with Gasteiger partial charge in [0, 0.05) is 0 Å². The van der Waals surface area contributed by atoms with E-state index in [1.165, 1.54) is 25.9 Å². The molecule has 2 heteroatoms. The van der Waals surface area contributed by atoms with Gasteiger partial charge in [0.2, 0.25) is 0 Å². The van der Waals surface area contributed by atoms with Gasteiger partial charge in [-0.15, -0.1) is 0 Å². The Kier molecular flexibility index (Phi) is 3.12. The number of hydrogen-bond acceptors (Lipinski definition) is 1. The van der Waals surface area contributed by atoms with Gasteiger partial charge in [-0.25, -0.2) is 0 Å². The maximum atomic E-state index is 2.47. The molecule has 0 amide bonds. The van der Waals surface area contributed by atoms with Gasteiger partial charge in [0.05, 0.1) is 0 Å². The molecule has 1 aliphatic heterocycles. The third-order valence-electron chi connectivity index (χ3n) is 2.68. The molecule has 1 atom stereocenters. The third-order valence-corrected chi connectivity index (χ3v) is 3.67. The zero-order valence-electron chi connectivity index (χ0n) is 7.93. The molecule has 1 aliphatic rings. The van der Waals surface area contributed by atoms with Crippen LogP contribution < -0.4 is 0 Å². The van der Waals surface area contributed by atoms with Crippen molar-refractivity contribution in [2.24, 2.45) is 5.92 Å². The molecule has 1 saturated heterocycles. The first-order valence-corrected chi connectivity index (χ1v) is 5.68. The Balaban J connectivity index is 2.46. The second-order valence-corrected chi connectivity index (χ2v) is 7.54. The van der Waals surface area contributed by atoms with E-state index in [1.54, 1.807) is 0 Å². The van der Waals surface area contributed by atoms with Crippen LogP contribution in [-0.4, -0.2) is 43.6 Å². The molecule has 0 saturated carbocycles. The Hall–Kier alpha value is 0.596. The van der Waals surface area contributed by atoms with Crippen molar-refractivity contribution in [1.82, 2.24) is 4.90 Å². The summed E-state index contributed by atoms with van der Waals surface area (Å²) in [6, 6.07) is 0. The number of nitrogens with zero attached hydrogens (tertiary/aromatic N) is 1. The van der Waals surface area contributed by atoms with Crippen LogP contribution in [-0.2, 0) is 0 Å². The Morgan fingerprint density at radius 2 is 2.09 bits per heavy atom. The molecular weight excluding hydrogens is 192 g/mol. The van der Waals surface area contributed by atoms with Gasteiger partial charge in [0.25, 0.3) is 0 Å². The number of piperidine rings is 1. The summed E-state index contributed by atoms with van der Waals surface area (Å²) in [4.78, 5) is 2.47. The van der Waals surface area contributed by atoms with Crippen LogP contribution in [0.3, 0.4) is 0 Å². The molecule has 2 radical (unpaired) electrons. The molecule has 0 aromatic rings. The molecule has 1 rings (SSSR count). The zero-order valence-corrected chi connectivity index (χ0v) is 10.4. The van der Waals surface area contributed by atoms with Gasteiger partial charge in [0.1, 0.15) is 0 Å². The van der Waals surface area contributed by atoms with Gasteiger partial charge in [-0.1, -0.05) is 0 Å². The van der Waals surface area contributed by atoms with Crippen molar-refractivity contribution in [2.45, 2.75) is 30.7 Å². The molecule has 1 nitrogen and oxygen atoms in total. The molecule has 0 N–H and O–H groups in total. The second kappa shape index (κ2) is 3.54. The van der Waals surface area contributed by atoms with Crippen LogP contribution in [0.1, 0.15) is 26.7 Å². The van der Waals surface area contributed by atoms with Gasteiger partial charge in [-0.3, -0.25) is 0 Å². The van der Waals surface area contributed by atoms with Crippen molar-refractivity contribution in [3.8, 4) is 0 Å². The molecule has 0 bridgehead atoms. The fraction of sp³-hybridized carbons (Fsp3) is 1.00. The summed E-state index contributed by atoms with van der Waals surface area (Å²) >= 11 is 1.90. The SMILES string of the molecule is CN1CCCC([C](C)(C)[Ga])C1. The molecule has 0 aliphatic carbocycles. The first kappa shape index (κ1) is 9.68. The Morgan fingerprint density at radius 3 is 2.45 bits per heavy atom. The molecule has 62 valence electrons. The normalized spacial score (nSPS) is 28.8. The van der Waals surface area contributed by atoms with Crippen molar-refractivity contribution < 1.29 is 0 Å². The van der Waals surface area contributed by atoms with Gasteiger partial charge in [-0.05, 0) is 0 Å². The Morgan fingerprint density at radius 1 is 1.45 bits per heavy atom. The molecule has 0 aromatic heterocycles. The van der Waals surface area contributed by atoms with E-state index >= 15 is 0 Å². The number of hydrogen-bond donors (Lipinski definition) is 0. The average molecular weight is 210 g/mol. The average Bonchev–Trinajstić information content (AvgIpc) is 1.86. The van der Waals surface area contributed by atoms with Crippen LogP contribution in [0.25, 0.3) is 0 Å². The Bertz CT molecular complexity index is 128. The summed E-state index contributed by atoms with van der Waals surface area (Å²) in [5.41, 5.74) is 0. The summed E-state index contributed by atoms with van der Waals surface area (Å²) in [6.07, 6.45) is 2.84. The molecule has 1 unspecified atom stereocenters. The van der Waals surface area contributed by atoms with Gasteiger partial charge in [-0.2, -0.15) is 0 Å². The van der Waals surface area contributed by atoms with Crippen LogP contribution in [0, 0.1) is 5.92 Å². The molecule has 11 heavy (non-hydrogen) atoms. The molecule has 1 heterocycles. The van der Waals surface area contributed by atoms with Crippen molar-refractivity contribution >= 4 is 18.6 Å². The molecule has 0 spiro atoms. The van der Waals surface area contributed by atoms with Crippen LogP contribution in [0.2, 0.25) is 3.97 Å². The zero-order chi connectivity index (χ0) is 8.48. The maximum absolute atomic E-state index is 2.47. The minimum absolute atomic E-state index is 0.571. The summed E-state index contributed by atoms with van der Waals surface area (Å²) in [5, 5.41) is 0. The molecule has 1 fully saturated rings. The topological polar surface area (TPSA) is 3.24 Å². The van der Waals surface area contributed by atoms with Crippen LogP contribution in [0.5, 0.6) is 0 Å². The summed E-state index contributed by atoms with van der Waals surface area (Å²) in [5.74, 6) is 0.932. The summed E-state index contributed by atoms with van der Waals surface area (Å²) in [6.45, 7) is 7.39. The van der Waals surface area contributed by atoms with Crippen LogP contribution in [0.15, 0.2) is 0 Å². The van der Waals surface area contributed by atoms with E-state index in [0.29, 0.717) is 3.97 Å². The van der Waals surface area contributed by atoms with Crippen LogP contribution >= 0.6 is 0 Å².